The number of alkyl halides is 3. The highest BCUT2D eigenvalue weighted by Crippen LogP contribution is 2.48. The first kappa shape index (κ1) is 13.2. The van der Waals surface area contributed by atoms with Crippen molar-refractivity contribution >= 4 is 0 Å². The quantitative estimate of drug-likeness (QED) is 0.610. The van der Waals surface area contributed by atoms with E-state index in [9.17, 15) is 13.2 Å². The fraction of sp³-hybridized carbons (Fsp3) is 1.00. The fourth-order valence-corrected chi connectivity index (χ4v) is 3.85. The van der Waals surface area contributed by atoms with E-state index in [0.717, 1.165) is 25.7 Å². The van der Waals surface area contributed by atoms with Crippen molar-refractivity contribution in [2.24, 2.45) is 29.6 Å². The van der Waals surface area contributed by atoms with E-state index in [1.54, 1.807) is 0 Å². The molecule has 2 rings (SSSR count). The van der Waals surface area contributed by atoms with Crippen LogP contribution in [0.25, 0.3) is 0 Å². The van der Waals surface area contributed by atoms with Crippen molar-refractivity contribution in [2.45, 2.75) is 58.5 Å². The first-order chi connectivity index (χ1) is 7.88. The van der Waals surface area contributed by atoms with Crippen LogP contribution in [0.15, 0.2) is 0 Å². The van der Waals surface area contributed by atoms with E-state index >= 15 is 0 Å². The van der Waals surface area contributed by atoms with Crippen molar-refractivity contribution in [1.82, 2.24) is 0 Å². The van der Waals surface area contributed by atoms with Crippen molar-refractivity contribution in [3.8, 4) is 0 Å². The average Bonchev–Trinajstić information content (AvgIpc) is 2.58. The van der Waals surface area contributed by atoms with Crippen LogP contribution >= 0.6 is 0 Å². The van der Waals surface area contributed by atoms with Gasteiger partial charge in [-0.1, -0.05) is 26.7 Å². The van der Waals surface area contributed by atoms with Crippen LogP contribution < -0.4 is 0 Å². The topological polar surface area (TPSA) is 0 Å². The molecule has 0 nitrogen and oxygen atoms in total. The van der Waals surface area contributed by atoms with E-state index in [0.29, 0.717) is 36.5 Å². The zero-order chi connectivity index (χ0) is 12.6. The summed E-state index contributed by atoms with van der Waals surface area (Å²) in [5.74, 6) is 1.28. The molecule has 0 aromatic carbocycles. The summed E-state index contributed by atoms with van der Waals surface area (Å²) in [6, 6.07) is 0. The maximum absolute atomic E-state index is 12.8. The Balaban J connectivity index is 1.94. The second-order valence-corrected chi connectivity index (χ2v) is 6.35. The molecule has 2 aliphatic carbocycles. The second kappa shape index (κ2) is 4.81. The molecule has 0 heterocycles. The van der Waals surface area contributed by atoms with E-state index in [-0.39, 0.29) is 0 Å². The highest BCUT2D eigenvalue weighted by atomic mass is 19.4. The molecule has 0 aromatic heterocycles. The summed E-state index contributed by atoms with van der Waals surface area (Å²) in [7, 11) is 0. The van der Waals surface area contributed by atoms with Gasteiger partial charge in [-0.25, -0.2) is 0 Å². The van der Waals surface area contributed by atoms with Gasteiger partial charge in [0.1, 0.15) is 0 Å². The minimum atomic E-state index is -3.96. The fourth-order valence-electron chi connectivity index (χ4n) is 3.85. The van der Waals surface area contributed by atoms with Crippen LogP contribution in [0.4, 0.5) is 13.2 Å². The minimum absolute atomic E-state index is 0.336. The normalized spacial score (nSPS) is 43.9. The Bertz CT molecular complexity index is 249. The lowest BCUT2D eigenvalue weighted by Crippen LogP contribution is -2.31. The van der Waals surface area contributed by atoms with E-state index in [1.807, 2.05) is 0 Å². The van der Waals surface area contributed by atoms with Gasteiger partial charge < -0.3 is 0 Å². The molecule has 100 valence electrons. The van der Waals surface area contributed by atoms with Crippen LogP contribution in [0.2, 0.25) is 0 Å². The third-order valence-electron chi connectivity index (χ3n) is 5.16. The molecule has 0 N–H and O–H groups in total. The molecule has 3 heteroatoms. The molecule has 0 amide bonds. The Kier molecular flexibility index (Phi) is 3.74. The van der Waals surface area contributed by atoms with Gasteiger partial charge in [-0.2, -0.15) is 13.2 Å². The Morgan fingerprint density at radius 2 is 1.41 bits per heavy atom. The molecular weight excluding hydrogens is 225 g/mol. The van der Waals surface area contributed by atoms with Crippen LogP contribution in [0, 0.1) is 29.6 Å². The maximum Gasteiger partial charge on any atom is 0.391 e. The summed E-state index contributed by atoms with van der Waals surface area (Å²) in [5.41, 5.74) is 0. The monoisotopic (exact) mass is 248 g/mol. The van der Waals surface area contributed by atoms with Crippen molar-refractivity contribution in [3.63, 3.8) is 0 Å². The highest BCUT2D eigenvalue weighted by molar-refractivity contribution is 4.87. The predicted octanol–water partition coefficient (Wildman–Crippen LogP) is 5.04. The van der Waals surface area contributed by atoms with E-state index in [1.165, 1.54) is 0 Å². The molecule has 17 heavy (non-hydrogen) atoms. The zero-order valence-electron chi connectivity index (χ0n) is 10.8. The molecule has 0 spiro atoms. The Morgan fingerprint density at radius 3 is 1.94 bits per heavy atom. The molecule has 2 saturated carbocycles. The van der Waals surface area contributed by atoms with Gasteiger partial charge in [0.15, 0.2) is 0 Å². The Morgan fingerprint density at radius 1 is 0.824 bits per heavy atom. The van der Waals surface area contributed by atoms with E-state index in [2.05, 4.69) is 13.8 Å². The van der Waals surface area contributed by atoms with Crippen molar-refractivity contribution in [3.05, 3.63) is 0 Å². The summed E-state index contributed by atoms with van der Waals surface area (Å²) in [6.07, 6.45) is 0.886. The van der Waals surface area contributed by atoms with Gasteiger partial charge in [-0.3, -0.25) is 0 Å². The summed E-state index contributed by atoms with van der Waals surface area (Å²) < 4.78 is 38.3. The number of halogens is 3. The zero-order valence-corrected chi connectivity index (χ0v) is 10.8. The van der Waals surface area contributed by atoms with Gasteiger partial charge in [-0.15, -0.1) is 0 Å². The van der Waals surface area contributed by atoms with Crippen LogP contribution in [-0.4, -0.2) is 6.18 Å². The van der Waals surface area contributed by atoms with E-state index in [4.69, 9.17) is 0 Å². The van der Waals surface area contributed by atoms with Crippen LogP contribution in [0.3, 0.4) is 0 Å². The van der Waals surface area contributed by atoms with Crippen molar-refractivity contribution in [2.75, 3.05) is 0 Å². The number of rotatable bonds is 1. The SMILES string of the molecule is CC1CC(C2CCCC(C(F)(F)F)C2)CC1C. The van der Waals surface area contributed by atoms with Gasteiger partial charge in [0.05, 0.1) is 5.92 Å². The molecule has 0 aromatic rings. The lowest BCUT2D eigenvalue weighted by molar-refractivity contribution is -0.187. The lowest BCUT2D eigenvalue weighted by atomic mass is 9.74. The molecule has 0 radical (unpaired) electrons. The molecule has 0 bridgehead atoms. The molecule has 0 saturated heterocycles. The maximum atomic E-state index is 12.8. The lowest BCUT2D eigenvalue weighted by Gasteiger charge is -2.34. The van der Waals surface area contributed by atoms with Crippen LogP contribution in [0.5, 0.6) is 0 Å². The molecule has 4 unspecified atom stereocenters. The van der Waals surface area contributed by atoms with Gasteiger partial charge in [-0.05, 0) is 49.4 Å². The van der Waals surface area contributed by atoms with Crippen molar-refractivity contribution in [1.29, 1.82) is 0 Å². The van der Waals surface area contributed by atoms with Gasteiger partial charge in [0.2, 0.25) is 0 Å². The second-order valence-electron chi connectivity index (χ2n) is 6.35. The Labute approximate surface area is 102 Å². The first-order valence-electron chi connectivity index (χ1n) is 6.94. The first-order valence-corrected chi connectivity index (χ1v) is 6.94. The average molecular weight is 248 g/mol. The number of hydrogen-bond acceptors (Lipinski definition) is 0. The third-order valence-corrected chi connectivity index (χ3v) is 5.16. The Hall–Kier alpha value is -0.210. The standard InChI is InChI=1S/C14H23F3/c1-9-6-12(7-10(9)2)11-4-3-5-13(8-11)14(15,16)17/h9-13H,3-8H2,1-2H3. The highest BCUT2D eigenvalue weighted by Gasteiger charge is 2.44. The smallest absolute Gasteiger partial charge is 0.171 e. The minimum Gasteiger partial charge on any atom is -0.171 e. The van der Waals surface area contributed by atoms with Gasteiger partial charge in [0.25, 0.3) is 0 Å². The van der Waals surface area contributed by atoms with E-state index < -0.39 is 12.1 Å². The van der Waals surface area contributed by atoms with Crippen LogP contribution in [-0.2, 0) is 0 Å². The summed E-state index contributed by atoms with van der Waals surface area (Å²) in [6.45, 7) is 4.49. The summed E-state index contributed by atoms with van der Waals surface area (Å²) in [4.78, 5) is 0. The molecule has 2 fully saturated rings. The van der Waals surface area contributed by atoms with Gasteiger partial charge >= 0.3 is 6.18 Å². The number of hydrogen-bond donors (Lipinski definition) is 0. The molecule has 4 atom stereocenters. The predicted molar refractivity (Wildman–Crippen MR) is 62.6 cm³/mol. The summed E-state index contributed by atoms with van der Waals surface area (Å²) in [5, 5.41) is 0. The molecule has 2 aliphatic rings. The largest absolute Gasteiger partial charge is 0.391 e. The van der Waals surface area contributed by atoms with Crippen LogP contribution in [0.1, 0.15) is 52.4 Å². The third kappa shape index (κ3) is 2.97. The van der Waals surface area contributed by atoms with Gasteiger partial charge in [0, 0.05) is 0 Å². The molecule has 0 aliphatic heterocycles. The van der Waals surface area contributed by atoms with Crippen molar-refractivity contribution < 1.29 is 13.2 Å². The molecular formula is C14H23F3. The summed E-state index contributed by atoms with van der Waals surface area (Å²) >= 11 is 0.